The molecule has 0 bridgehead atoms. The van der Waals surface area contributed by atoms with Crippen LogP contribution in [0.25, 0.3) is 6.08 Å². The lowest BCUT2D eigenvalue weighted by atomic mass is 10.0. The molecule has 1 fully saturated rings. The topological polar surface area (TPSA) is 67.9 Å². The molecule has 1 N–H and O–H groups in total. The Bertz CT molecular complexity index is 1510. The highest BCUT2D eigenvalue weighted by Gasteiger charge is 2.34. The van der Waals surface area contributed by atoms with Gasteiger partial charge in [0.1, 0.15) is 6.61 Å². The number of allylic oxidation sites excluding steroid dienone is 1. The third kappa shape index (κ3) is 7.06. The van der Waals surface area contributed by atoms with Crippen LogP contribution in [0, 0.1) is 6.92 Å². The van der Waals surface area contributed by atoms with E-state index < -0.39 is 11.8 Å². The zero-order valence-electron chi connectivity index (χ0n) is 21.8. The van der Waals surface area contributed by atoms with Crippen LogP contribution in [0.4, 0.5) is 0 Å². The van der Waals surface area contributed by atoms with Crippen molar-refractivity contribution in [1.29, 1.82) is 0 Å². The van der Waals surface area contributed by atoms with Crippen molar-refractivity contribution >= 4 is 69.4 Å². The van der Waals surface area contributed by atoms with Gasteiger partial charge in [0.25, 0.3) is 11.8 Å². The molecular weight excluding hydrogens is 587 g/mol. The second-order valence-electron chi connectivity index (χ2n) is 8.79. The van der Waals surface area contributed by atoms with E-state index in [1.807, 2.05) is 50.2 Å². The summed E-state index contributed by atoms with van der Waals surface area (Å²) < 4.78 is 12.3. The summed E-state index contributed by atoms with van der Waals surface area (Å²) in [6, 6.07) is 16.2. The first-order valence-corrected chi connectivity index (χ1v) is 14.3. The minimum atomic E-state index is -0.531. The maximum atomic E-state index is 13.2. The predicted octanol–water partition coefficient (Wildman–Crippen LogP) is 7.55. The second-order valence-corrected chi connectivity index (χ2v) is 11.3. The lowest BCUT2D eigenvalue weighted by Crippen LogP contribution is -2.44. The molecule has 6 nitrogen and oxygen atoms in total. The minimum Gasteiger partial charge on any atom is -0.490 e. The molecule has 0 spiro atoms. The third-order valence-corrected chi connectivity index (χ3v) is 7.66. The molecule has 4 rings (SSSR count). The van der Waals surface area contributed by atoms with Gasteiger partial charge in [-0.3, -0.25) is 15.0 Å². The quantitative estimate of drug-likeness (QED) is 0.145. The van der Waals surface area contributed by atoms with Gasteiger partial charge < -0.3 is 9.47 Å². The molecular formula is C30H26Cl2N2O4S2. The molecule has 0 atom stereocenters. The number of nitrogens with zero attached hydrogens (tertiary/aromatic N) is 1. The molecule has 1 aliphatic heterocycles. The second kappa shape index (κ2) is 13.4. The molecule has 1 saturated heterocycles. The number of ether oxygens (including phenoxy) is 2. The first-order valence-electron chi connectivity index (χ1n) is 12.3. The third-order valence-electron chi connectivity index (χ3n) is 5.79. The molecule has 3 aromatic carbocycles. The summed E-state index contributed by atoms with van der Waals surface area (Å²) in [4.78, 5) is 26.4. The van der Waals surface area contributed by atoms with Crippen molar-refractivity contribution in [3.05, 3.63) is 110 Å². The molecule has 1 aliphatic rings. The molecule has 0 aromatic heterocycles. The number of carbonyl (C=O) groups excluding carboxylic acids is 2. The van der Waals surface area contributed by atoms with Crippen molar-refractivity contribution < 1.29 is 19.1 Å². The molecule has 0 unspecified atom stereocenters. The number of thiocarbonyl (C=S) groups is 1. The highest BCUT2D eigenvalue weighted by atomic mass is 35.5. The van der Waals surface area contributed by atoms with Crippen LogP contribution < -0.4 is 14.9 Å². The van der Waals surface area contributed by atoms with E-state index in [4.69, 9.17) is 44.9 Å². The predicted molar refractivity (Wildman–Crippen MR) is 166 cm³/mol. The van der Waals surface area contributed by atoms with E-state index in [-0.39, 0.29) is 14.9 Å². The number of amides is 2. The summed E-state index contributed by atoms with van der Waals surface area (Å²) in [6.45, 7) is 8.37. The van der Waals surface area contributed by atoms with Crippen molar-refractivity contribution in [2.45, 2.75) is 26.9 Å². The van der Waals surface area contributed by atoms with Crippen LogP contribution in [0.1, 0.15) is 39.5 Å². The Balaban J connectivity index is 1.59. The number of hydrogen-bond acceptors (Lipinski definition) is 6. The molecule has 40 heavy (non-hydrogen) atoms. The maximum absolute atomic E-state index is 13.2. The summed E-state index contributed by atoms with van der Waals surface area (Å²) in [7, 11) is 0. The summed E-state index contributed by atoms with van der Waals surface area (Å²) in [6.07, 6.45) is 4.00. The largest absolute Gasteiger partial charge is 0.490 e. The van der Waals surface area contributed by atoms with E-state index in [1.54, 1.807) is 30.4 Å². The highest BCUT2D eigenvalue weighted by molar-refractivity contribution is 8.26. The van der Waals surface area contributed by atoms with E-state index in [2.05, 4.69) is 12.0 Å². The van der Waals surface area contributed by atoms with Gasteiger partial charge in [-0.15, -0.1) is 6.58 Å². The first-order chi connectivity index (χ1) is 19.2. The highest BCUT2D eigenvalue weighted by Crippen LogP contribution is 2.37. The Labute approximate surface area is 252 Å². The fourth-order valence-electron chi connectivity index (χ4n) is 3.92. The number of halogens is 2. The van der Waals surface area contributed by atoms with Gasteiger partial charge >= 0.3 is 0 Å². The lowest BCUT2D eigenvalue weighted by Gasteiger charge is -2.17. The van der Waals surface area contributed by atoms with E-state index >= 15 is 0 Å². The van der Waals surface area contributed by atoms with E-state index in [9.17, 15) is 9.59 Å². The number of thioether (sulfide) groups is 1. The Hall–Kier alpha value is -3.30. The Morgan fingerprint density at radius 2 is 1.88 bits per heavy atom. The average Bonchev–Trinajstić information content (AvgIpc) is 3.16. The van der Waals surface area contributed by atoms with Gasteiger partial charge in [-0.05, 0) is 91.7 Å². The van der Waals surface area contributed by atoms with Crippen LogP contribution >= 0.6 is 47.2 Å². The Morgan fingerprint density at radius 1 is 1.12 bits per heavy atom. The summed E-state index contributed by atoms with van der Waals surface area (Å²) in [5, 5.41) is 2.00. The van der Waals surface area contributed by atoms with Crippen LogP contribution in [-0.2, 0) is 17.8 Å². The molecule has 3 aromatic rings. The van der Waals surface area contributed by atoms with E-state index in [1.165, 1.54) is 0 Å². The standard InChI is InChI=1S/C30H26Cl2N2O4S2/c1-4-6-21-14-20(15-25(37-5-2)27(21)38-17-19-8-10-22(31)11-9-19)16-26-29(36)34(30(39)40-26)33-28(35)23-12-7-18(3)13-24(23)32/h4,7-16H,1,5-6,17H2,2-3H3,(H,33,35)/b26-16-. The van der Waals surface area contributed by atoms with Crippen molar-refractivity contribution in [3.8, 4) is 11.5 Å². The molecule has 0 saturated carbocycles. The number of nitrogens with one attached hydrogen (secondary N) is 1. The number of aryl methyl sites for hydroxylation is 1. The van der Waals surface area contributed by atoms with Crippen LogP contribution in [-0.4, -0.2) is 27.8 Å². The first kappa shape index (κ1) is 29.7. The van der Waals surface area contributed by atoms with Gasteiger partial charge in [-0.1, -0.05) is 59.2 Å². The molecule has 10 heteroatoms. The summed E-state index contributed by atoms with van der Waals surface area (Å²) >= 11 is 18.7. The van der Waals surface area contributed by atoms with E-state index in [0.29, 0.717) is 46.6 Å². The maximum Gasteiger partial charge on any atom is 0.285 e. The SMILES string of the molecule is C=CCc1cc(/C=C2\SC(=S)N(NC(=O)c3ccc(C)cc3Cl)C2=O)cc(OCC)c1OCc1ccc(Cl)cc1. The fourth-order valence-corrected chi connectivity index (χ4v) is 5.54. The number of hydrazine groups is 1. The zero-order chi connectivity index (χ0) is 28.8. The van der Waals surface area contributed by atoms with Gasteiger partial charge in [0, 0.05) is 10.6 Å². The minimum absolute atomic E-state index is 0.201. The van der Waals surface area contributed by atoms with Crippen molar-refractivity contribution in [1.82, 2.24) is 10.4 Å². The average molecular weight is 614 g/mol. The Kier molecular flexibility index (Phi) is 9.92. The molecule has 0 radical (unpaired) electrons. The summed E-state index contributed by atoms with van der Waals surface area (Å²) in [5.74, 6) is 0.165. The van der Waals surface area contributed by atoms with E-state index in [0.717, 1.165) is 33.5 Å². The van der Waals surface area contributed by atoms with Crippen LogP contribution in [0.3, 0.4) is 0 Å². The zero-order valence-corrected chi connectivity index (χ0v) is 25.0. The fraction of sp³-hybridized carbons (Fsp3) is 0.167. The smallest absolute Gasteiger partial charge is 0.285 e. The number of carbonyl (C=O) groups is 2. The normalized spacial score (nSPS) is 14.0. The number of rotatable bonds is 10. The molecule has 2 amide bonds. The van der Waals surface area contributed by atoms with Crippen LogP contribution in [0.15, 0.2) is 72.2 Å². The van der Waals surface area contributed by atoms with Crippen molar-refractivity contribution in [3.63, 3.8) is 0 Å². The van der Waals surface area contributed by atoms with Gasteiger partial charge in [0.2, 0.25) is 0 Å². The van der Waals surface area contributed by atoms with Crippen LogP contribution in [0.5, 0.6) is 11.5 Å². The molecule has 1 heterocycles. The van der Waals surface area contributed by atoms with Gasteiger partial charge in [-0.25, -0.2) is 0 Å². The van der Waals surface area contributed by atoms with Crippen LogP contribution in [0.2, 0.25) is 10.0 Å². The molecule has 206 valence electrons. The summed E-state index contributed by atoms with van der Waals surface area (Å²) in [5.41, 5.74) is 6.25. The van der Waals surface area contributed by atoms with Gasteiger partial charge in [0.15, 0.2) is 15.8 Å². The van der Waals surface area contributed by atoms with Crippen molar-refractivity contribution in [2.75, 3.05) is 6.61 Å². The monoisotopic (exact) mass is 612 g/mol. The van der Waals surface area contributed by atoms with Gasteiger partial charge in [-0.2, -0.15) is 5.01 Å². The van der Waals surface area contributed by atoms with Gasteiger partial charge in [0.05, 0.1) is 22.1 Å². The number of benzene rings is 3. The van der Waals surface area contributed by atoms with Crippen molar-refractivity contribution in [2.24, 2.45) is 0 Å². The molecule has 0 aliphatic carbocycles. The number of hydrogen-bond donors (Lipinski definition) is 1. The lowest BCUT2D eigenvalue weighted by molar-refractivity contribution is -0.123. The Morgan fingerprint density at radius 3 is 2.55 bits per heavy atom.